The number of aliphatic imine (C=N–C) groups is 1. The van der Waals surface area contributed by atoms with E-state index >= 15 is 0 Å². The summed E-state index contributed by atoms with van der Waals surface area (Å²) < 4.78 is 10.5. The molecule has 2 aromatic rings. The monoisotopic (exact) mass is 437 g/mol. The van der Waals surface area contributed by atoms with Gasteiger partial charge in [-0.2, -0.15) is 0 Å². The minimum atomic E-state index is -0.835. The van der Waals surface area contributed by atoms with E-state index in [1.807, 2.05) is 38.1 Å². The number of hydrogen-bond donors (Lipinski definition) is 1. The van der Waals surface area contributed by atoms with Gasteiger partial charge >= 0.3 is 0 Å². The van der Waals surface area contributed by atoms with Crippen molar-refractivity contribution in [2.24, 2.45) is 4.99 Å². The molecule has 32 heavy (non-hydrogen) atoms. The van der Waals surface area contributed by atoms with Crippen molar-refractivity contribution in [3.05, 3.63) is 53.6 Å². The standard InChI is InChI=1S/C25H31N3O4/c1-24(2,3)17-10-8-16(9-11-17)22-23(30)28(25(4,5)27-22)15-21(29)26-18-12-19(31-6)14-20(13-18)32-7/h8-14H,15H2,1-7H3,(H,26,29). The summed E-state index contributed by atoms with van der Waals surface area (Å²) >= 11 is 0. The number of methoxy groups -OCH3 is 2. The maximum absolute atomic E-state index is 13.2. The van der Waals surface area contributed by atoms with Crippen LogP contribution in [-0.4, -0.2) is 48.9 Å². The molecular formula is C25H31N3O4. The van der Waals surface area contributed by atoms with Crippen LogP contribution in [0.15, 0.2) is 47.5 Å². The van der Waals surface area contributed by atoms with E-state index in [9.17, 15) is 9.59 Å². The Kier molecular flexibility index (Phi) is 6.30. The lowest BCUT2D eigenvalue weighted by atomic mass is 9.86. The van der Waals surface area contributed by atoms with Crippen molar-refractivity contribution >= 4 is 23.2 Å². The number of amides is 2. The molecule has 1 aliphatic rings. The Balaban J connectivity index is 1.76. The molecular weight excluding hydrogens is 406 g/mol. The van der Waals surface area contributed by atoms with Crippen molar-refractivity contribution in [3.8, 4) is 11.5 Å². The zero-order valence-electron chi connectivity index (χ0n) is 19.8. The third-order valence-corrected chi connectivity index (χ3v) is 5.45. The Bertz CT molecular complexity index is 1030. The fourth-order valence-electron chi connectivity index (χ4n) is 3.56. The minimum Gasteiger partial charge on any atom is -0.497 e. The Morgan fingerprint density at radius 1 is 1.03 bits per heavy atom. The molecule has 3 rings (SSSR count). The second-order valence-electron chi connectivity index (χ2n) is 9.32. The first kappa shape index (κ1) is 23.3. The molecule has 0 bridgehead atoms. The maximum atomic E-state index is 13.2. The molecule has 170 valence electrons. The van der Waals surface area contributed by atoms with E-state index in [1.54, 1.807) is 32.4 Å². The smallest absolute Gasteiger partial charge is 0.275 e. The maximum Gasteiger partial charge on any atom is 0.275 e. The van der Waals surface area contributed by atoms with Gasteiger partial charge in [-0.25, -0.2) is 0 Å². The molecule has 0 radical (unpaired) electrons. The predicted octanol–water partition coefficient (Wildman–Crippen LogP) is 4.01. The number of rotatable bonds is 6. The van der Waals surface area contributed by atoms with E-state index in [-0.39, 0.29) is 23.8 Å². The summed E-state index contributed by atoms with van der Waals surface area (Å²) in [5.74, 6) is 0.515. The second-order valence-corrected chi connectivity index (χ2v) is 9.32. The highest BCUT2D eigenvalue weighted by Gasteiger charge is 2.41. The summed E-state index contributed by atoms with van der Waals surface area (Å²) in [6, 6.07) is 13.0. The largest absolute Gasteiger partial charge is 0.497 e. The molecule has 0 aliphatic carbocycles. The normalized spacial score (nSPS) is 15.4. The van der Waals surface area contributed by atoms with E-state index in [0.29, 0.717) is 22.9 Å². The SMILES string of the molecule is COc1cc(NC(=O)CN2C(=O)C(c3ccc(C(C)(C)C)cc3)=NC2(C)C)cc(OC)c1. The van der Waals surface area contributed by atoms with Crippen LogP contribution in [0.5, 0.6) is 11.5 Å². The van der Waals surface area contributed by atoms with Crippen LogP contribution >= 0.6 is 0 Å². The van der Waals surface area contributed by atoms with E-state index < -0.39 is 5.66 Å². The summed E-state index contributed by atoms with van der Waals surface area (Å²) in [4.78, 5) is 32.0. The van der Waals surface area contributed by atoms with Crippen LogP contribution in [0.3, 0.4) is 0 Å². The lowest BCUT2D eigenvalue weighted by Gasteiger charge is -2.28. The quantitative estimate of drug-likeness (QED) is 0.741. The average Bonchev–Trinajstić information content (AvgIpc) is 2.96. The number of anilines is 1. The van der Waals surface area contributed by atoms with Gasteiger partial charge < -0.3 is 19.7 Å². The van der Waals surface area contributed by atoms with Gasteiger partial charge in [0, 0.05) is 29.4 Å². The molecule has 0 saturated carbocycles. The molecule has 0 atom stereocenters. The zero-order valence-corrected chi connectivity index (χ0v) is 19.8. The number of ether oxygens (including phenoxy) is 2. The van der Waals surface area contributed by atoms with Crippen LogP contribution in [0, 0.1) is 0 Å². The summed E-state index contributed by atoms with van der Waals surface area (Å²) in [6.45, 7) is 9.94. The molecule has 2 aromatic carbocycles. The average molecular weight is 438 g/mol. The van der Waals surface area contributed by atoms with Crippen LogP contribution in [0.25, 0.3) is 0 Å². The molecule has 1 N–H and O–H groups in total. The first-order valence-corrected chi connectivity index (χ1v) is 10.5. The molecule has 0 saturated heterocycles. The number of nitrogens with zero attached hydrogens (tertiary/aromatic N) is 2. The van der Waals surface area contributed by atoms with Crippen LogP contribution < -0.4 is 14.8 Å². The van der Waals surface area contributed by atoms with Crippen LogP contribution in [0.1, 0.15) is 45.7 Å². The molecule has 1 aliphatic heterocycles. The first-order chi connectivity index (χ1) is 14.9. The molecule has 1 heterocycles. The molecule has 0 unspecified atom stereocenters. The van der Waals surface area contributed by atoms with Crippen molar-refractivity contribution < 1.29 is 19.1 Å². The molecule has 2 amide bonds. The van der Waals surface area contributed by atoms with Gasteiger partial charge in [0.15, 0.2) is 0 Å². The van der Waals surface area contributed by atoms with E-state index in [4.69, 9.17) is 9.47 Å². The zero-order chi connectivity index (χ0) is 23.7. The van der Waals surface area contributed by atoms with E-state index in [1.165, 1.54) is 10.5 Å². The molecule has 7 heteroatoms. The van der Waals surface area contributed by atoms with Crippen LogP contribution in [-0.2, 0) is 15.0 Å². The summed E-state index contributed by atoms with van der Waals surface area (Å²) in [7, 11) is 3.08. The number of carbonyl (C=O) groups is 2. The van der Waals surface area contributed by atoms with Crippen molar-refractivity contribution in [1.82, 2.24) is 4.90 Å². The minimum absolute atomic E-state index is 0.0201. The lowest BCUT2D eigenvalue weighted by Crippen LogP contribution is -2.46. The fourth-order valence-corrected chi connectivity index (χ4v) is 3.56. The molecule has 0 aromatic heterocycles. The number of carbonyl (C=O) groups excluding carboxylic acids is 2. The van der Waals surface area contributed by atoms with Crippen LogP contribution in [0.2, 0.25) is 0 Å². The highest BCUT2D eigenvalue weighted by molar-refractivity contribution is 6.47. The van der Waals surface area contributed by atoms with E-state index in [0.717, 1.165) is 5.56 Å². The van der Waals surface area contributed by atoms with Gasteiger partial charge in [0.1, 0.15) is 29.4 Å². The van der Waals surface area contributed by atoms with Crippen molar-refractivity contribution in [1.29, 1.82) is 0 Å². The Hall–Kier alpha value is -3.35. The van der Waals surface area contributed by atoms with Gasteiger partial charge in [-0.15, -0.1) is 0 Å². The topological polar surface area (TPSA) is 80.2 Å². The van der Waals surface area contributed by atoms with Crippen molar-refractivity contribution in [2.45, 2.75) is 45.7 Å². The lowest BCUT2D eigenvalue weighted by molar-refractivity contribution is -0.131. The Morgan fingerprint density at radius 3 is 2.09 bits per heavy atom. The fraction of sp³-hybridized carbons (Fsp3) is 0.400. The Labute approximate surface area is 189 Å². The highest BCUT2D eigenvalue weighted by atomic mass is 16.5. The van der Waals surface area contributed by atoms with Crippen molar-refractivity contribution in [2.75, 3.05) is 26.1 Å². The Morgan fingerprint density at radius 2 is 1.59 bits per heavy atom. The van der Waals surface area contributed by atoms with Gasteiger partial charge in [0.25, 0.3) is 5.91 Å². The number of benzene rings is 2. The van der Waals surface area contributed by atoms with Crippen LogP contribution in [0.4, 0.5) is 5.69 Å². The summed E-state index contributed by atoms with van der Waals surface area (Å²) in [5, 5.41) is 2.81. The van der Waals surface area contributed by atoms with Gasteiger partial charge in [0.05, 0.1) is 14.2 Å². The summed E-state index contributed by atoms with van der Waals surface area (Å²) in [5.41, 5.74) is 2.00. The number of hydrogen-bond acceptors (Lipinski definition) is 5. The highest BCUT2D eigenvalue weighted by Crippen LogP contribution is 2.29. The summed E-state index contributed by atoms with van der Waals surface area (Å²) in [6.07, 6.45) is 0. The van der Waals surface area contributed by atoms with Gasteiger partial charge in [-0.1, -0.05) is 45.0 Å². The number of nitrogens with one attached hydrogen (secondary N) is 1. The second kappa shape index (κ2) is 8.65. The van der Waals surface area contributed by atoms with Gasteiger partial charge in [-0.3, -0.25) is 14.6 Å². The van der Waals surface area contributed by atoms with E-state index in [2.05, 4.69) is 31.1 Å². The molecule has 0 fully saturated rings. The molecule has 7 nitrogen and oxygen atoms in total. The third kappa shape index (κ3) is 4.93. The predicted molar refractivity (Wildman–Crippen MR) is 126 cm³/mol. The third-order valence-electron chi connectivity index (χ3n) is 5.45. The molecule has 0 spiro atoms. The van der Waals surface area contributed by atoms with Crippen molar-refractivity contribution in [3.63, 3.8) is 0 Å². The first-order valence-electron chi connectivity index (χ1n) is 10.5. The van der Waals surface area contributed by atoms with Gasteiger partial charge in [0.2, 0.25) is 5.91 Å². The van der Waals surface area contributed by atoms with Gasteiger partial charge in [-0.05, 0) is 24.8 Å².